The number of hydrogen-bond acceptors (Lipinski definition) is 5. The van der Waals surface area contributed by atoms with Gasteiger partial charge < -0.3 is 9.26 Å². The number of benzene rings is 1. The van der Waals surface area contributed by atoms with Crippen molar-refractivity contribution in [2.75, 3.05) is 13.2 Å². The summed E-state index contributed by atoms with van der Waals surface area (Å²) in [6, 6.07) is 9.11. The lowest BCUT2D eigenvalue weighted by Crippen LogP contribution is -2.04. The summed E-state index contributed by atoms with van der Waals surface area (Å²) in [4.78, 5) is 16.3. The molecular weight excluding hydrogens is 244 g/mol. The molecule has 1 aliphatic heterocycles. The molecule has 5 nitrogen and oxygen atoms in total. The molecule has 1 saturated heterocycles. The average molecular weight is 258 g/mol. The van der Waals surface area contributed by atoms with Crippen molar-refractivity contribution < 1.29 is 14.1 Å². The third-order valence-corrected chi connectivity index (χ3v) is 3.19. The summed E-state index contributed by atoms with van der Waals surface area (Å²) in [5.41, 5.74) is 0.659. The summed E-state index contributed by atoms with van der Waals surface area (Å²) in [5, 5.41) is 3.93. The van der Waals surface area contributed by atoms with Gasteiger partial charge in [-0.1, -0.05) is 35.5 Å². The maximum atomic E-state index is 12.0. The zero-order valence-electron chi connectivity index (χ0n) is 10.4. The Bertz CT molecular complexity index is 559. The fourth-order valence-electron chi connectivity index (χ4n) is 2.11. The zero-order chi connectivity index (χ0) is 13.1. The highest BCUT2D eigenvalue weighted by atomic mass is 16.5. The number of aromatic nitrogens is 2. The first-order valence-electron chi connectivity index (χ1n) is 6.31. The number of carbonyl (C=O) groups is 1. The average Bonchev–Trinajstić information content (AvgIpc) is 3.10. The molecule has 1 aromatic heterocycles. The molecule has 1 aliphatic rings. The van der Waals surface area contributed by atoms with E-state index in [4.69, 9.17) is 9.26 Å². The number of nitrogens with zero attached hydrogens (tertiary/aromatic N) is 2. The van der Waals surface area contributed by atoms with Crippen LogP contribution in [0.1, 0.15) is 34.4 Å². The Kier molecular flexibility index (Phi) is 3.37. The SMILES string of the molecule is O=C(Cc1nc(C2CCOC2)no1)c1ccccc1. The van der Waals surface area contributed by atoms with E-state index in [1.54, 1.807) is 12.1 Å². The standard InChI is InChI=1S/C14H14N2O3/c17-12(10-4-2-1-3-5-10)8-13-15-14(16-19-13)11-6-7-18-9-11/h1-5,11H,6-9H2. The summed E-state index contributed by atoms with van der Waals surface area (Å²) in [5.74, 6) is 1.20. The second-order valence-electron chi connectivity index (χ2n) is 4.57. The molecule has 2 heterocycles. The Morgan fingerprint density at radius 1 is 1.32 bits per heavy atom. The van der Waals surface area contributed by atoms with E-state index in [-0.39, 0.29) is 18.1 Å². The minimum atomic E-state index is -0.0153. The summed E-state index contributed by atoms with van der Waals surface area (Å²) in [7, 11) is 0. The third-order valence-electron chi connectivity index (χ3n) is 3.19. The lowest BCUT2D eigenvalue weighted by Gasteiger charge is -1.98. The van der Waals surface area contributed by atoms with Crippen LogP contribution in [0.3, 0.4) is 0 Å². The van der Waals surface area contributed by atoms with E-state index in [0.717, 1.165) is 13.0 Å². The monoisotopic (exact) mass is 258 g/mol. The van der Waals surface area contributed by atoms with Crippen molar-refractivity contribution in [2.45, 2.75) is 18.8 Å². The molecule has 19 heavy (non-hydrogen) atoms. The molecule has 0 N–H and O–H groups in total. The van der Waals surface area contributed by atoms with Crippen molar-refractivity contribution in [1.29, 1.82) is 0 Å². The van der Waals surface area contributed by atoms with Crippen LogP contribution in [-0.4, -0.2) is 29.1 Å². The Balaban J connectivity index is 1.68. The van der Waals surface area contributed by atoms with Crippen LogP contribution < -0.4 is 0 Å². The summed E-state index contributed by atoms with van der Waals surface area (Å²) < 4.78 is 10.4. The summed E-state index contributed by atoms with van der Waals surface area (Å²) >= 11 is 0. The van der Waals surface area contributed by atoms with E-state index >= 15 is 0 Å². The maximum absolute atomic E-state index is 12.0. The number of hydrogen-bond donors (Lipinski definition) is 0. The second kappa shape index (κ2) is 5.32. The van der Waals surface area contributed by atoms with Gasteiger partial charge in [0.1, 0.15) is 0 Å². The minimum Gasteiger partial charge on any atom is -0.381 e. The molecule has 2 aromatic rings. The molecule has 0 aliphatic carbocycles. The molecule has 0 amide bonds. The first-order chi connectivity index (χ1) is 9.33. The van der Waals surface area contributed by atoms with E-state index < -0.39 is 0 Å². The maximum Gasteiger partial charge on any atom is 0.234 e. The highest BCUT2D eigenvalue weighted by Gasteiger charge is 2.23. The van der Waals surface area contributed by atoms with Gasteiger partial charge in [0, 0.05) is 18.1 Å². The Morgan fingerprint density at radius 3 is 2.89 bits per heavy atom. The van der Waals surface area contributed by atoms with Gasteiger partial charge in [-0.15, -0.1) is 0 Å². The van der Waals surface area contributed by atoms with Crippen molar-refractivity contribution in [3.63, 3.8) is 0 Å². The highest BCUT2D eigenvalue weighted by Crippen LogP contribution is 2.22. The quantitative estimate of drug-likeness (QED) is 0.785. The zero-order valence-corrected chi connectivity index (χ0v) is 10.4. The smallest absolute Gasteiger partial charge is 0.234 e. The second-order valence-corrected chi connectivity index (χ2v) is 4.57. The molecule has 1 unspecified atom stereocenters. The molecule has 0 saturated carbocycles. The molecule has 0 spiro atoms. The molecule has 1 aromatic carbocycles. The van der Waals surface area contributed by atoms with Crippen molar-refractivity contribution in [3.8, 4) is 0 Å². The molecule has 0 radical (unpaired) electrons. The van der Waals surface area contributed by atoms with Crippen molar-refractivity contribution in [3.05, 3.63) is 47.6 Å². The molecule has 1 atom stereocenters. The van der Waals surface area contributed by atoms with Crippen LogP contribution in [0.4, 0.5) is 0 Å². The summed E-state index contributed by atoms with van der Waals surface area (Å²) in [6.45, 7) is 1.36. The van der Waals surface area contributed by atoms with Gasteiger partial charge in [0.15, 0.2) is 11.6 Å². The van der Waals surface area contributed by atoms with Gasteiger partial charge in [-0.05, 0) is 6.42 Å². The van der Waals surface area contributed by atoms with Crippen LogP contribution >= 0.6 is 0 Å². The normalized spacial score (nSPS) is 18.6. The predicted octanol–water partition coefficient (Wildman–Crippen LogP) is 2.00. The number of Topliss-reactive ketones (excluding diaryl/α,β-unsaturated/α-hetero) is 1. The molecule has 3 rings (SSSR count). The summed E-state index contributed by atoms with van der Waals surface area (Å²) in [6.07, 6.45) is 1.05. The van der Waals surface area contributed by atoms with Crippen LogP contribution in [0.25, 0.3) is 0 Å². The lowest BCUT2D eigenvalue weighted by atomic mass is 10.1. The molecule has 1 fully saturated rings. The number of ether oxygens (including phenoxy) is 1. The van der Waals surface area contributed by atoms with Crippen LogP contribution in [0.15, 0.2) is 34.9 Å². The Morgan fingerprint density at radius 2 is 2.16 bits per heavy atom. The van der Waals surface area contributed by atoms with E-state index in [9.17, 15) is 4.79 Å². The predicted molar refractivity (Wildman–Crippen MR) is 67.0 cm³/mol. The van der Waals surface area contributed by atoms with Crippen LogP contribution in [0.5, 0.6) is 0 Å². The fraction of sp³-hybridized carbons (Fsp3) is 0.357. The topological polar surface area (TPSA) is 65.2 Å². The Hall–Kier alpha value is -2.01. The molecule has 98 valence electrons. The Labute approximate surface area is 110 Å². The lowest BCUT2D eigenvalue weighted by molar-refractivity contribution is 0.0983. The van der Waals surface area contributed by atoms with Gasteiger partial charge in [0.25, 0.3) is 0 Å². The van der Waals surface area contributed by atoms with Crippen LogP contribution in [0, 0.1) is 0 Å². The highest BCUT2D eigenvalue weighted by molar-refractivity contribution is 5.96. The largest absolute Gasteiger partial charge is 0.381 e. The first-order valence-corrected chi connectivity index (χ1v) is 6.31. The van der Waals surface area contributed by atoms with E-state index in [0.29, 0.717) is 23.9 Å². The van der Waals surface area contributed by atoms with Crippen LogP contribution in [0.2, 0.25) is 0 Å². The number of carbonyl (C=O) groups excluding carboxylic acids is 1. The third kappa shape index (κ3) is 2.71. The molecule has 0 bridgehead atoms. The van der Waals surface area contributed by atoms with E-state index in [1.807, 2.05) is 18.2 Å². The van der Waals surface area contributed by atoms with E-state index in [1.165, 1.54) is 0 Å². The fourth-order valence-corrected chi connectivity index (χ4v) is 2.11. The van der Waals surface area contributed by atoms with Crippen LogP contribution in [-0.2, 0) is 11.2 Å². The van der Waals surface area contributed by atoms with Crippen molar-refractivity contribution >= 4 is 5.78 Å². The van der Waals surface area contributed by atoms with Gasteiger partial charge in [-0.3, -0.25) is 4.79 Å². The minimum absolute atomic E-state index is 0.0153. The number of rotatable bonds is 4. The molecule has 5 heteroatoms. The van der Waals surface area contributed by atoms with Gasteiger partial charge in [-0.25, -0.2) is 0 Å². The van der Waals surface area contributed by atoms with Gasteiger partial charge in [0.2, 0.25) is 5.89 Å². The number of ketones is 1. The first kappa shape index (κ1) is 12.0. The van der Waals surface area contributed by atoms with Gasteiger partial charge in [-0.2, -0.15) is 4.98 Å². The van der Waals surface area contributed by atoms with Crippen molar-refractivity contribution in [1.82, 2.24) is 10.1 Å². The van der Waals surface area contributed by atoms with Gasteiger partial charge in [0.05, 0.1) is 13.0 Å². The van der Waals surface area contributed by atoms with Crippen molar-refractivity contribution in [2.24, 2.45) is 0 Å². The molecular formula is C14H14N2O3. The van der Waals surface area contributed by atoms with Gasteiger partial charge >= 0.3 is 0 Å². The van der Waals surface area contributed by atoms with E-state index in [2.05, 4.69) is 10.1 Å².